The van der Waals surface area contributed by atoms with Crippen LogP contribution >= 0.6 is 0 Å². The molecular weight excluding hydrogens is 208 g/mol. The predicted octanol–water partition coefficient (Wildman–Crippen LogP) is -0.0693. The Balaban J connectivity index is 2.18. The van der Waals surface area contributed by atoms with Crippen LogP contribution in [0, 0.1) is 0 Å². The van der Waals surface area contributed by atoms with Gasteiger partial charge in [-0.3, -0.25) is 9.59 Å². The number of hydrogen-bond acceptors (Lipinski definition) is 3. The lowest BCUT2D eigenvalue weighted by Gasteiger charge is -2.14. The van der Waals surface area contributed by atoms with Gasteiger partial charge in [-0.25, -0.2) is 0 Å². The highest BCUT2D eigenvalue weighted by atomic mass is 16.3. The number of nitrogens with one attached hydrogen (secondary N) is 2. The molecule has 16 heavy (non-hydrogen) atoms. The first-order valence-corrected chi connectivity index (χ1v) is 5.77. The second-order valence-electron chi connectivity index (χ2n) is 4.46. The molecule has 2 amide bonds. The van der Waals surface area contributed by atoms with E-state index < -0.39 is 12.1 Å². The molecule has 92 valence electrons. The van der Waals surface area contributed by atoms with E-state index in [4.69, 9.17) is 5.11 Å². The maximum atomic E-state index is 11.5. The smallest absolute Gasteiger partial charge is 0.242 e. The highest BCUT2D eigenvalue weighted by Crippen LogP contribution is 2.18. The van der Waals surface area contributed by atoms with Crippen LogP contribution in [0.1, 0.15) is 39.5 Å². The van der Waals surface area contributed by atoms with Crippen molar-refractivity contribution in [2.45, 2.75) is 57.7 Å². The van der Waals surface area contributed by atoms with Crippen molar-refractivity contribution in [3.63, 3.8) is 0 Å². The lowest BCUT2D eigenvalue weighted by atomic mass is 10.2. The zero-order valence-corrected chi connectivity index (χ0v) is 9.82. The molecule has 0 bridgehead atoms. The molecule has 1 fully saturated rings. The Kier molecular flexibility index (Phi) is 4.73. The van der Waals surface area contributed by atoms with E-state index in [9.17, 15) is 9.59 Å². The number of hydrogen-bond donors (Lipinski definition) is 3. The van der Waals surface area contributed by atoms with Gasteiger partial charge in [0.1, 0.15) is 6.04 Å². The Hall–Kier alpha value is -1.10. The van der Waals surface area contributed by atoms with Crippen molar-refractivity contribution in [2.24, 2.45) is 0 Å². The van der Waals surface area contributed by atoms with E-state index >= 15 is 0 Å². The lowest BCUT2D eigenvalue weighted by Crippen LogP contribution is -2.45. The van der Waals surface area contributed by atoms with Crippen LogP contribution < -0.4 is 10.6 Å². The van der Waals surface area contributed by atoms with Crippen LogP contribution in [-0.4, -0.2) is 35.1 Å². The van der Waals surface area contributed by atoms with Crippen LogP contribution in [0.5, 0.6) is 0 Å². The highest BCUT2D eigenvalue weighted by Gasteiger charge is 2.26. The van der Waals surface area contributed by atoms with Crippen molar-refractivity contribution in [3.8, 4) is 0 Å². The monoisotopic (exact) mass is 228 g/mol. The van der Waals surface area contributed by atoms with E-state index in [0.717, 1.165) is 12.8 Å². The third-order valence-corrected chi connectivity index (χ3v) is 2.48. The first-order valence-electron chi connectivity index (χ1n) is 5.77. The third kappa shape index (κ3) is 5.11. The van der Waals surface area contributed by atoms with Crippen LogP contribution in [0.3, 0.4) is 0 Å². The fourth-order valence-electron chi connectivity index (χ4n) is 1.27. The van der Waals surface area contributed by atoms with Crippen LogP contribution in [0.2, 0.25) is 0 Å². The largest absolute Gasteiger partial charge is 0.393 e. The summed E-state index contributed by atoms with van der Waals surface area (Å²) in [6.07, 6.45) is 2.26. The van der Waals surface area contributed by atoms with E-state index in [1.807, 2.05) is 0 Å². The molecule has 0 aromatic rings. The highest BCUT2D eigenvalue weighted by molar-refractivity contribution is 5.87. The second kappa shape index (κ2) is 5.84. The normalized spacial score (nSPS) is 18.7. The van der Waals surface area contributed by atoms with Crippen molar-refractivity contribution in [1.82, 2.24) is 10.6 Å². The standard InChI is InChI=1S/C11H20N2O3/c1-7(14)3-6-10(15)12-8(2)11(16)13-9-4-5-9/h7-9,14H,3-6H2,1-2H3,(H,12,15)(H,13,16). The topological polar surface area (TPSA) is 78.4 Å². The molecule has 0 spiro atoms. The van der Waals surface area contributed by atoms with Gasteiger partial charge in [0.15, 0.2) is 0 Å². The van der Waals surface area contributed by atoms with Gasteiger partial charge < -0.3 is 15.7 Å². The van der Waals surface area contributed by atoms with Gasteiger partial charge in [0.2, 0.25) is 11.8 Å². The quantitative estimate of drug-likeness (QED) is 0.595. The van der Waals surface area contributed by atoms with E-state index in [0.29, 0.717) is 12.5 Å². The molecule has 0 saturated heterocycles. The molecule has 2 atom stereocenters. The van der Waals surface area contributed by atoms with E-state index in [2.05, 4.69) is 10.6 Å². The summed E-state index contributed by atoms with van der Waals surface area (Å²) in [5.74, 6) is -0.327. The summed E-state index contributed by atoms with van der Waals surface area (Å²) in [6.45, 7) is 3.30. The molecule has 1 aliphatic carbocycles. The van der Waals surface area contributed by atoms with Gasteiger partial charge in [0, 0.05) is 12.5 Å². The number of carbonyl (C=O) groups excluding carboxylic acids is 2. The Morgan fingerprint density at radius 3 is 2.50 bits per heavy atom. The van der Waals surface area contributed by atoms with Crippen LogP contribution in [-0.2, 0) is 9.59 Å². The summed E-state index contributed by atoms with van der Waals surface area (Å²) in [7, 11) is 0. The van der Waals surface area contributed by atoms with Gasteiger partial charge in [-0.2, -0.15) is 0 Å². The Labute approximate surface area is 95.6 Å². The van der Waals surface area contributed by atoms with Gasteiger partial charge in [0.05, 0.1) is 6.10 Å². The predicted molar refractivity (Wildman–Crippen MR) is 59.7 cm³/mol. The first kappa shape index (κ1) is 13.0. The average Bonchev–Trinajstić information content (AvgIpc) is 2.98. The summed E-state index contributed by atoms with van der Waals surface area (Å²) in [4.78, 5) is 22.9. The minimum atomic E-state index is -0.498. The van der Waals surface area contributed by atoms with Crippen molar-refractivity contribution in [1.29, 1.82) is 0 Å². The van der Waals surface area contributed by atoms with Crippen LogP contribution in [0.15, 0.2) is 0 Å². The summed E-state index contributed by atoms with van der Waals surface area (Å²) in [5, 5.41) is 14.4. The van der Waals surface area contributed by atoms with E-state index in [1.54, 1.807) is 13.8 Å². The Morgan fingerprint density at radius 1 is 1.38 bits per heavy atom. The van der Waals surface area contributed by atoms with Crippen molar-refractivity contribution >= 4 is 11.8 Å². The van der Waals surface area contributed by atoms with Gasteiger partial charge in [0.25, 0.3) is 0 Å². The lowest BCUT2D eigenvalue weighted by molar-refractivity contribution is -0.128. The minimum absolute atomic E-state index is 0.132. The fraction of sp³-hybridized carbons (Fsp3) is 0.818. The molecule has 0 aromatic heterocycles. The second-order valence-corrected chi connectivity index (χ2v) is 4.46. The molecule has 5 nitrogen and oxygen atoms in total. The van der Waals surface area contributed by atoms with E-state index in [-0.39, 0.29) is 18.2 Å². The molecule has 0 radical (unpaired) electrons. The Bertz CT molecular complexity index is 262. The van der Waals surface area contributed by atoms with Gasteiger partial charge in [-0.1, -0.05) is 0 Å². The molecule has 1 saturated carbocycles. The maximum Gasteiger partial charge on any atom is 0.242 e. The average molecular weight is 228 g/mol. The number of carbonyl (C=O) groups is 2. The van der Waals surface area contributed by atoms with Crippen LogP contribution in [0.4, 0.5) is 0 Å². The van der Waals surface area contributed by atoms with E-state index in [1.165, 1.54) is 0 Å². The molecule has 0 aliphatic heterocycles. The molecule has 5 heteroatoms. The summed E-state index contributed by atoms with van der Waals surface area (Å²) in [6, 6.07) is -0.189. The zero-order chi connectivity index (χ0) is 12.1. The van der Waals surface area contributed by atoms with Crippen molar-refractivity contribution < 1.29 is 14.7 Å². The van der Waals surface area contributed by atoms with Crippen molar-refractivity contribution in [2.75, 3.05) is 0 Å². The SMILES string of the molecule is CC(O)CCC(=O)NC(C)C(=O)NC1CC1. The molecule has 2 unspecified atom stereocenters. The fourth-order valence-corrected chi connectivity index (χ4v) is 1.27. The van der Waals surface area contributed by atoms with Crippen LogP contribution in [0.25, 0.3) is 0 Å². The maximum absolute atomic E-state index is 11.5. The summed E-state index contributed by atoms with van der Waals surface area (Å²) in [5.41, 5.74) is 0. The minimum Gasteiger partial charge on any atom is -0.393 e. The number of rotatable bonds is 6. The Morgan fingerprint density at radius 2 is 2.00 bits per heavy atom. The zero-order valence-electron chi connectivity index (χ0n) is 9.82. The first-order chi connectivity index (χ1) is 7.49. The van der Waals surface area contributed by atoms with Gasteiger partial charge in [-0.05, 0) is 33.1 Å². The number of aliphatic hydroxyl groups is 1. The molecular formula is C11H20N2O3. The number of amides is 2. The number of aliphatic hydroxyl groups excluding tert-OH is 1. The molecule has 0 heterocycles. The summed E-state index contributed by atoms with van der Waals surface area (Å²) < 4.78 is 0. The summed E-state index contributed by atoms with van der Waals surface area (Å²) >= 11 is 0. The van der Waals surface area contributed by atoms with Crippen molar-refractivity contribution in [3.05, 3.63) is 0 Å². The molecule has 3 N–H and O–H groups in total. The van der Waals surface area contributed by atoms with Gasteiger partial charge >= 0.3 is 0 Å². The molecule has 1 aliphatic rings. The molecule has 0 aromatic carbocycles. The third-order valence-electron chi connectivity index (χ3n) is 2.48. The van der Waals surface area contributed by atoms with Gasteiger partial charge in [-0.15, -0.1) is 0 Å². The molecule has 1 rings (SSSR count).